The van der Waals surface area contributed by atoms with E-state index in [1.54, 1.807) is 6.07 Å². The van der Waals surface area contributed by atoms with Gasteiger partial charge in [-0.1, -0.05) is 30.3 Å². The minimum Gasteiger partial charge on any atom is -0.376 e. The molecular weight excluding hydrogens is 323 g/mol. The average Bonchev–Trinajstić information content (AvgIpc) is 2.45. The average molecular weight is 345 g/mol. The van der Waals surface area contributed by atoms with Crippen LogP contribution in [0.3, 0.4) is 0 Å². The first kappa shape index (κ1) is 18.7. The van der Waals surface area contributed by atoms with Crippen LogP contribution in [0.1, 0.15) is 38.7 Å². The van der Waals surface area contributed by atoms with Crippen LogP contribution in [0.5, 0.6) is 0 Å². The molecule has 2 atom stereocenters. The number of hydrogen-bond donors (Lipinski definition) is 2. The van der Waals surface area contributed by atoms with Gasteiger partial charge in [0.05, 0.1) is 12.0 Å². The Balaban J connectivity index is 2.11. The summed E-state index contributed by atoms with van der Waals surface area (Å²) in [5.41, 5.74) is -3.99. The summed E-state index contributed by atoms with van der Waals surface area (Å²) in [7, 11) is 0. The predicted octanol–water partition coefficient (Wildman–Crippen LogP) is 2.90. The van der Waals surface area contributed by atoms with Crippen LogP contribution >= 0.6 is 0 Å². The van der Waals surface area contributed by atoms with Gasteiger partial charge in [-0.25, -0.2) is 0 Å². The van der Waals surface area contributed by atoms with Crippen molar-refractivity contribution < 1.29 is 27.8 Å². The topological polar surface area (TPSA) is 58.6 Å². The van der Waals surface area contributed by atoms with Crippen LogP contribution in [0, 0.1) is 0 Å². The Morgan fingerprint density at radius 3 is 2.50 bits per heavy atom. The summed E-state index contributed by atoms with van der Waals surface area (Å²) < 4.78 is 45.7. The molecule has 0 aromatic heterocycles. The Labute approximate surface area is 139 Å². The van der Waals surface area contributed by atoms with Crippen LogP contribution in [-0.4, -0.2) is 35.4 Å². The van der Waals surface area contributed by atoms with Gasteiger partial charge in [0.1, 0.15) is 0 Å². The zero-order chi connectivity index (χ0) is 18.0. The molecule has 0 saturated carbocycles. The molecule has 2 rings (SSSR count). The maximum absolute atomic E-state index is 13.4. The first-order chi connectivity index (χ1) is 11.0. The lowest BCUT2D eigenvalue weighted by Crippen LogP contribution is -2.50. The van der Waals surface area contributed by atoms with E-state index in [1.807, 2.05) is 13.8 Å². The molecule has 0 unspecified atom stereocenters. The van der Waals surface area contributed by atoms with Crippen LogP contribution < -0.4 is 5.32 Å². The Kier molecular flexibility index (Phi) is 5.25. The summed E-state index contributed by atoms with van der Waals surface area (Å²) in [6, 6.07) is 6.39. The number of amides is 1. The second-order valence-electron chi connectivity index (χ2n) is 6.77. The Morgan fingerprint density at radius 2 is 1.96 bits per heavy atom. The summed E-state index contributed by atoms with van der Waals surface area (Å²) >= 11 is 0. The van der Waals surface area contributed by atoms with Gasteiger partial charge >= 0.3 is 6.18 Å². The highest BCUT2D eigenvalue weighted by Gasteiger charge is 2.56. The predicted molar refractivity (Wildman–Crippen MR) is 82.2 cm³/mol. The molecule has 0 bridgehead atoms. The molecule has 1 saturated heterocycles. The van der Waals surface area contributed by atoms with Crippen molar-refractivity contribution in [3.8, 4) is 0 Å². The zero-order valence-corrected chi connectivity index (χ0v) is 13.7. The van der Waals surface area contributed by atoms with E-state index in [0.717, 1.165) is 0 Å². The number of benzene rings is 1. The maximum Gasteiger partial charge on any atom is 0.421 e. The first-order valence-corrected chi connectivity index (χ1v) is 7.81. The lowest BCUT2D eigenvalue weighted by molar-refractivity contribution is -0.267. The molecule has 1 aromatic rings. The van der Waals surface area contributed by atoms with Crippen molar-refractivity contribution in [1.29, 1.82) is 0 Å². The highest BCUT2D eigenvalue weighted by atomic mass is 19.4. The van der Waals surface area contributed by atoms with Crippen LogP contribution in [0.4, 0.5) is 13.2 Å². The standard InChI is InChI=1S/C17H22F3NO3/c1-15(2)10-13(8-9-24-15)21-14(22)11-16(23,17(18,19)20)12-6-4-3-5-7-12/h3-7,13,23H,8-11H2,1-2H3,(H,21,22)/t13-,16+/m0/s1. The molecule has 7 heteroatoms. The van der Waals surface area contributed by atoms with Gasteiger partial charge in [0.25, 0.3) is 0 Å². The molecule has 4 nitrogen and oxygen atoms in total. The van der Waals surface area contributed by atoms with Gasteiger partial charge in [0.15, 0.2) is 5.60 Å². The largest absolute Gasteiger partial charge is 0.421 e. The third kappa shape index (κ3) is 4.27. The fraction of sp³-hybridized carbons (Fsp3) is 0.588. The molecular formula is C17H22F3NO3. The Morgan fingerprint density at radius 1 is 1.33 bits per heavy atom. The summed E-state index contributed by atoms with van der Waals surface area (Å²) in [5.74, 6) is -0.832. The van der Waals surface area contributed by atoms with E-state index in [4.69, 9.17) is 4.74 Å². The second-order valence-corrected chi connectivity index (χ2v) is 6.77. The van der Waals surface area contributed by atoms with Crippen molar-refractivity contribution in [3.63, 3.8) is 0 Å². The van der Waals surface area contributed by atoms with Gasteiger partial charge in [0.2, 0.25) is 5.91 Å². The normalized spacial score (nSPS) is 23.3. The van der Waals surface area contributed by atoms with Crippen molar-refractivity contribution in [2.24, 2.45) is 0 Å². The molecule has 1 aromatic carbocycles. The van der Waals surface area contributed by atoms with E-state index in [2.05, 4.69) is 5.32 Å². The van der Waals surface area contributed by atoms with Crippen LogP contribution in [0.25, 0.3) is 0 Å². The fourth-order valence-electron chi connectivity index (χ4n) is 2.95. The first-order valence-electron chi connectivity index (χ1n) is 7.81. The van der Waals surface area contributed by atoms with Crippen molar-refractivity contribution in [2.75, 3.05) is 6.61 Å². The lowest BCUT2D eigenvalue weighted by Gasteiger charge is -2.36. The van der Waals surface area contributed by atoms with Crippen molar-refractivity contribution in [2.45, 2.75) is 56.5 Å². The molecule has 1 fully saturated rings. The van der Waals surface area contributed by atoms with Gasteiger partial charge < -0.3 is 15.2 Å². The summed E-state index contributed by atoms with van der Waals surface area (Å²) in [4.78, 5) is 12.1. The monoisotopic (exact) mass is 345 g/mol. The van der Waals surface area contributed by atoms with Crippen molar-refractivity contribution in [3.05, 3.63) is 35.9 Å². The smallest absolute Gasteiger partial charge is 0.376 e. The number of alkyl halides is 3. The van der Waals surface area contributed by atoms with Gasteiger partial charge in [0, 0.05) is 12.6 Å². The SMILES string of the molecule is CC1(C)C[C@@H](NC(=O)C[C@@](O)(c2ccccc2)C(F)(F)F)CCO1. The van der Waals surface area contributed by atoms with Gasteiger partial charge in [-0.05, 0) is 32.3 Å². The minimum atomic E-state index is -4.96. The summed E-state index contributed by atoms with van der Waals surface area (Å²) in [5, 5.41) is 12.8. The number of rotatable bonds is 4. The van der Waals surface area contributed by atoms with Crippen LogP contribution in [-0.2, 0) is 15.1 Å². The van der Waals surface area contributed by atoms with E-state index in [0.29, 0.717) is 19.4 Å². The second kappa shape index (κ2) is 6.72. The van der Waals surface area contributed by atoms with Gasteiger partial charge in [-0.3, -0.25) is 4.79 Å². The van der Waals surface area contributed by atoms with E-state index < -0.39 is 29.7 Å². The number of hydrogen-bond acceptors (Lipinski definition) is 3. The summed E-state index contributed by atoms with van der Waals surface area (Å²) in [6.07, 6.45) is -4.99. The number of ether oxygens (including phenoxy) is 1. The Hall–Kier alpha value is -1.60. The van der Waals surface area contributed by atoms with E-state index in [9.17, 15) is 23.1 Å². The number of carbonyl (C=O) groups is 1. The van der Waals surface area contributed by atoms with Crippen molar-refractivity contribution >= 4 is 5.91 Å². The number of nitrogens with one attached hydrogen (secondary N) is 1. The molecule has 0 spiro atoms. The molecule has 24 heavy (non-hydrogen) atoms. The molecule has 0 aliphatic carbocycles. The maximum atomic E-state index is 13.4. The molecule has 1 aliphatic rings. The third-order valence-electron chi connectivity index (χ3n) is 4.20. The quantitative estimate of drug-likeness (QED) is 0.882. The molecule has 1 aliphatic heterocycles. The highest BCUT2D eigenvalue weighted by molar-refractivity contribution is 5.77. The zero-order valence-electron chi connectivity index (χ0n) is 13.7. The van der Waals surface area contributed by atoms with Crippen LogP contribution in [0.2, 0.25) is 0 Å². The van der Waals surface area contributed by atoms with Gasteiger partial charge in [-0.2, -0.15) is 13.2 Å². The molecule has 1 heterocycles. The highest BCUT2D eigenvalue weighted by Crippen LogP contribution is 2.41. The molecule has 134 valence electrons. The van der Waals surface area contributed by atoms with Crippen molar-refractivity contribution in [1.82, 2.24) is 5.32 Å². The lowest BCUT2D eigenvalue weighted by atomic mass is 9.88. The number of carbonyl (C=O) groups excluding carboxylic acids is 1. The van der Waals surface area contributed by atoms with E-state index in [1.165, 1.54) is 24.3 Å². The Bertz CT molecular complexity index is 574. The molecule has 2 N–H and O–H groups in total. The van der Waals surface area contributed by atoms with Gasteiger partial charge in [-0.15, -0.1) is 0 Å². The fourth-order valence-corrected chi connectivity index (χ4v) is 2.95. The third-order valence-corrected chi connectivity index (χ3v) is 4.20. The van der Waals surface area contributed by atoms with E-state index >= 15 is 0 Å². The molecule has 0 radical (unpaired) electrons. The van der Waals surface area contributed by atoms with E-state index in [-0.39, 0.29) is 11.6 Å². The number of halogens is 3. The number of aliphatic hydroxyl groups is 1. The van der Waals surface area contributed by atoms with Crippen LogP contribution in [0.15, 0.2) is 30.3 Å². The molecule has 1 amide bonds. The minimum absolute atomic E-state index is 0.269. The summed E-state index contributed by atoms with van der Waals surface area (Å²) in [6.45, 7) is 4.16.